The third kappa shape index (κ3) is 4.74. The van der Waals surface area contributed by atoms with Gasteiger partial charge >= 0.3 is 0 Å². The summed E-state index contributed by atoms with van der Waals surface area (Å²) >= 11 is 5.87. The molecule has 0 amide bonds. The molecule has 4 rings (SSSR count). The maximum absolute atomic E-state index is 10.7. The van der Waals surface area contributed by atoms with E-state index in [9.17, 15) is 9.90 Å². The van der Waals surface area contributed by atoms with E-state index in [1.807, 2.05) is 44.6 Å². The van der Waals surface area contributed by atoms with Crippen LogP contribution in [0.15, 0.2) is 18.2 Å². The summed E-state index contributed by atoms with van der Waals surface area (Å²) in [7, 11) is 1.95. The van der Waals surface area contributed by atoms with Gasteiger partial charge in [-0.15, -0.1) is 0 Å². The average molecular weight is 377 g/mol. The van der Waals surface area contributed by atoms with E-state index in [0.717, 1.165) is 36.8 Å². The minimum atomic E-state index is -0.160. The van der Waals surface area contributed by atoms with Crippen molar-refractivity contribution < 1.29 is 9.90 Å². The number of aliphatic hydroxyl groups excluding tert-OH is 1. The fourth-order valence-electron chi connectivity index (χ4n) is 3.39. The van der Waals surface area contributed by atoms with E-state index < -0.39 is 0 Å². The van der Waals surface area contributed by atoms with Crippen LogP contribution in [0.4, 0.5) is 0 Å². The van der Waals surface area contributed by atoms with Gasteiger partial charge in [0.2, 0.25) is 0 Å². The molecule has 2 aliphatic carbocycles. The van der Waals surface area contributed by atoms with Crippen molar-refractivity contribution in [2.24, 2.45) is 7.05 Å². The van der Waals surface area contributed by atoms with E-state index in [0.29, 0.717) is 16.5 Å². The lowest BCUT2D eigenvalue weighted by atomic mass is 9.94. The minimum absolute atomic E-state index is 0.160. The van der Waals surface area contributed by atoms with E-state index in [1.54, 1.807) is 6.07 Å². The SMILES string of the molecule is CC.Cc1nn(C)c2c1CCC(O)C2.O=Cc1c(Cl)cccc1C1CC1. The first-order valence-corrected chi connectivity index (χ1v) is 9.82. The molecule has 2 aliphatic rings. The Balaban J connectivity index is 0.000000171. The molecule has 1 N–H and O–H groups in total. The first-order valence-electron chi connectivity index (χ1n) is 9.44. The van der Waals surface area contributed by atoms with Gasteiger partial charge in [0, 0.05) is 24.7 Å². The van der Waals surface area contributed by atoms with Gasteiger partial charge in [-0.25, -0.2) is 0 Å². The molecule has 142 valence electrons. The third-order valence-electron chi connectivity index (χ3n) is 4.85. The van der Waals surface area contributed by atoms with Crippen LogP contribution >= 0.6 is 11.6 Å². The van der Waals surface area contributed by atoms with Crippen LogP contribution in [0.2, 0.25) is 5.02 Å². The molecule has 26 heavy (non-hydrogen) atoms. The fourth-order valence-corrected chi connectivity index (χ4v) is 3.62. The van der Waals surface area contributed by atoms with Crippen molar-refractivity contribution in [3.8, 4) is 0 Å². The second kappa shape index (κ2) is 9.33. The molecule has 1 atom stereocenters. The lowest BCUT2D eigenvalue weighted by Gasteiger charge is -2.17. The lowest BCUT2D eigenvalue weighted by Crippen LogP contribution is -2.20. The largest absolute Gasteiger partial charge is 0.393 e. The first kappa shape index (κ1) is 20.7. The van der Waals surface area contributed by atoms with Gasteiger partial charge in [0.25, 0.3) is 0 Å². The lowest BCUT2D eigenvalue weighted by molar-refractivity contribution is 0.112. The number of nitrogens with zero attached hydrogens (tertiary/aromatic N) is 2. The van der Waals surface area contributed by atoms with Gasteiger partial charge in [-0.3, -0.25) is 9.48 Å². The first-order chi connectivity index (χ1) is 12.5. The molecular formula is C21H29ClN2O2. The molecule has 0 spiro atoms. The normalized spacial score (nSPS) is 18.0. The summed E-state index contributed by atoms with van der Waals surface area (Å²) in [5.41, 5.74) is 5.49. The number of benzene rings is 1. The van der Waals surface area contributed by atoms with E-state index in [1.165, 1.54) is 24.1 Å². The zero-order chi connectivity index (χ0) is 19.3. The molecule has 1 unspecified atom stereocenters. The number of hydrogen-bond acceptors (Lipinski definition) is 3. The summed E-state index contributed by atoms with van der Waals surface area (Å²) in [5.74, 6) is 0.587. The number of aryl methyl sites for hydroxylation is 2. The summed E-state index contributed by atoms with van der Waals surface area (Å²) in [6, 6.07) is 5.66. The van der Waals surface area contributed by atoms with Crippen LogP contribution in [-0.2, 0) is 19.9 Å². The maximum atomic E-state index is 10.7. The van der Waals surface area contributed by atoms with Gasteiger partial charge in [0.05, 0.1) is 16.8 Å². The highest BCUT2D eigenvalue weighted by Crippen LogP contribution is 2.42. The van der Waals surface area contributed by atoms with Gasteiger partial charge in [-0.1, -0.05) is 37.6 Å². The highest BCUT2D eigenvalue weighted by Gasteiger charge is 2.26. The fraction of sp³-hybridized carbons (Fsp3) is 0.524. The van der Waals surface area contributed by atoms with Crippen molar-refractivity contribution in [3.05, 3.63) is 51.3 Å². The number of hydrogen-bond donors (Lipinski definition) is 1. The van der Waals surface area contributed by atoms with Gasteiger partial charge in [-0.05, 0) is 55.7 Å². The van der Waals surface area contributed by atoms with E-state index in [2.05, 4.69) is 5.10 Å². The Kier molecular flexibility index (Phi) is 7.42. The van der Waals surface area contributed by atoms with E-state index >= 15 is 0 Å². The molecule has 0 radical (unpaired) electrons. The maximum Gasteiger partial charge on any atom is 0.151 e. The molecular weight excluding hydrogens is 348 g/mol. The Morgan fingerprint density at radius 1 is 1.27 bits per heavy atom. The Morgan fingerprint density at radius 3 is 2.58 bits per heavy atom. The molecule has 1 fully saturated rings. The molecule has 1 aromatic carbocycles. The summed E-state index contributed by atoms with van der Waals surface area (Å²) in [6.45, 7) is 6.04. The van der Waals surface area contributed by atoms with Crippen molar-refractivity contribution in [3.63, 3.8) is 0 Å². The van der Waals surface area contributed by atoms with E-state index in [-0.39, 0.29) is 6.10 Å². The second-order valence-corrected chi connectivity index (χ2v) is 7.07. The quantitative estimate of drug-likeness (QED) is 0.777. The van der Waals surface area contributed by atoms with Crippen molar-refractivity contribution in [1.82, 2.24) is 9.78 Å². The van der Waals surface area contributed by atoms with Crippen LogP contribution in [0.3, 0.4) is 0 Å². The molecule has 0 bridgehead atoms. The predicted octanol–water partition coefficient (Wildman–Crippen LogP) is 4.63. The average Bonchev–Trinajstić information content (AvgIpc) is 3.44. The van der Waals surface area contributed by atoms with Crippen LogP contribution in [0.5, 0.6) is 0 Å². The number of carbonyl (C=O) groups is 1. The molecule has 0 aliphatic heterocycles. The van der Waals surface area contributed by atoms with Crippen LogP contribution in [0, 0.1) is 6.92 Å². The molecule has 4 nitrogen and oxygen atoms in total. The summed E-state index contributed by atoms with van der Waals surface area (Å²) in [4.78, 5) is 10.7. The predicted molar refractivity (Wildman–Crippen MR) is 106 cm³/mol. The standard InChI is InChI=1S/C10H9ClO.C9H14N2O.C2H6/c11-10-3-1-2-8(7-4-5-7)9(10)6-12;1-6-8-4-3-7(12)5-9(8)11(2)10-6;1-2/h1-3,6-7H,4-5H2;7,12H,3-5H2,1-2H3;1-2H3. The topological polar surface area (TPSA) is 55.1 Å². The van der Waals surface area contributed by atoms with Crippen molar-refractivity contribution in [1.29, 1.82) is 0 Å². The zero-order valence-corrected chi connectivity index (χ0v) is 16.9. The monoisotopic (exact) mass is 376 g/mol. The molecule has 1 heterocycles. The Labute approximate surface area is 161 Å². The number of halogens is 1. The zero-order valence-electron chi connectivity index (χ0n) is 16.1. The highest BCUT2D eigenvalue weighted by molar-refractivity contribution is 6.33. The number of carbonyl (C=O) groups excluding carboxylic acids is 1. The number of aldehydes is 1. The smallest absolute Gasteiger partial charge is 0.151 e. The van der Waals surface area contributed by atoms with Crippen LogP contribution in [0.1, 0.15) is 71.9 Å². The third-order valence-corrected chi connectivity index (χ3v) is 5.18. The Morgan fingerprint density at radius 2 is 1.96 bits per heavy atom. The summed E-state index contributed by atoms with van der Waals surface area (Å²) in [5, 5.41) is 14.4. The van der Waals surface area contributed by atoms with Gasteiger partial charge in [0.1, 0.15) is 0 Å². The summed E-state index contributed by atoms with van der Waals surface area (Å²) in [6.07, 6.45) is 5.73. The summed E-state index contributed by atoms with van der Waals surface area (Å²) < 4.78 is 1.90. The number of aromatic nitrogens is 2. The highest BCUT2D eigenvalue weighted by atomic mass is 35.5. The molecule has 2 aromatic rings. The Bertz CT molecular complexity index is 751. The number of fused-ring (bicyclic) bond motifs is 1. The van der Waals surface area contributed by atoms with Gasteiger partial charge in [-0.2, -0.15) is 5.10 Å². The number of aliphatic hydroxyl groups is 1. The van der Waals surface area contributed by atoms with Crippen LogP contribution < -0.4 is 0 Å². The van der Waals surface area contributed by atoms with Crippen molar-refractivity contribution in [2.75, 3.05) is 0 Å². The molecule has 1 saturated carbocycles. The van der Waals surface area contributed by atoms with Gasteiger partial charge < -0.3 is 5.11 Å². The molecule has 5 heteroatoms. The number of rotatable bonds is 2. The van der Waals surface area contributed by atoms with E-state index in [4.69, 9.17) is 11.6 Å². The van der Waals surface area contributed by atoms with Crippen LogP contribution in [0.25, 0.3) is 0 Å². The minimum Gasteiger partial charge on any atom is -0.393 e. The van der Waals surface area contributed by atoms with Crippen LogP contribution in [-0.4, -0.2) is 27.3 Å². The van der Waals surface area contributed by atoms with Crippen molar-refractivity contribution in [2.45, 2.75) is 64.9 Å². The molecule has 0 saturated heterocycles. The van der Waals surface area contributed by atoms with Gasteiger partial charge in [0.15, 0.2) is 6.29 Å². The molecule has 1 aromatic heterocycles. The van der Waals surface area contributed by atoms with Crippen molar-refractivity contribution >= 4 is 17.9 Å². The Hall–Kier alpha value is -1.65. The second-order valence-electron chi connectivity index (χ2n) is 6.67.